The second-order valence-electron chi connectivity index (χ2n) is 4.60. The van der Waals surface area contributed by atoms with E-state index in [2.05, 4.69) is 10.6 Å². The van der Waals surface area contributed by atoms with E-state index in [1.807, 2.05) is 0 Å². The number of hydrogen-bond donors (Lipinski definition) is 2. The molecule has 5 nitrogen and oxygen atoms in total. The number of rotatable bonds is 2. The van der Waals surface area contributed by atoms with E-state index in [1.54, 1.807) is 19.1 Å². The molecule has 18 heavy (non-hydrogen) atoms. The molecule has 2 N–H and O–H groups in total. The van der Waals surface area contributed by atoms with Crippen LogP contribution in [0.4, 0.5) is 0 Å². The van der Waals surface area contributed by atoms with Crippen LogP contribution in [-0.2, 0) is 20.2 Å². The number of hydrogen-bond acceptors (Lipinski definition) is 4. The van der Waals surface area contributed by atoms with Gasteiger partial charge in [0.15, 0.2) is 9.84 Å². The maximum absolute atomic E-state index is 11.9. The second kappa shape index (κ2) is 4.37. The molecule has 0 radical (unpaired) electrons. The first kappa shape index (κ1) is 13.0. The molecule has 1 unspecified atom stereocenters. The molecule has 0 aromatic heterocycles. The van der Waals surface area contributed by atoms with Crippen LogP contribution in [0.1, 0.15) is 12.5 Å². The quantitative estimate of drug-likeness (QED) is 0.793. The Morgan fingerprint density at radius 2 is 1.78 bits per heavy atom. The van der Waals surface area contributed by atoms with Gasteiger partial charge in [0.1, 0.15) is 5.54 Å². The molecule has 1 saturated heterocycles. The van der Waals surface area contributed by atoms with Gasteiger partial charge in [0.05, 0.1) is 4.90 Å². The van der Waals surface area contributed by atoms with E-state index in [4.69, 9.17) is 0 Å². The maximum Gasteiger partial charge on any atom is 0.244 e. The minimum Gasteiger partial charge on any atom is -0.353 e. The normalized spacial score (nSPS) is 24.7. The first-order chi connectivity index (χ1) is 8.34. The van der Waals surface area contributed by atoms with E-state index in [-0.39, 0.29) is 10.8 Å². The Bertz CT molecular complexity index is 565. The van der Waals surface area contributed by atoms with E-state index in [0.717, 1.165) is 11.8 Å². The van der Waals surface area contributed by atoms with Gasteiger partial charge >= 0.3 is 0 Å². The molecule has 0 spiro atoms. The summed E-state index contributed by atoms with van der Waals surface area (Å²) in [6, 6.07) is 6.40. The van der Waals surface area contributed by atoms with Crippen molar-refractivity contribution in [2.45, 2.75) is 17.4 Å². The van der Waals surface area contributed by atoms with Crippen molar-refractivity contribution in [2.24, 2.45) is 0 Å². The van der Waals surface area contributed by atoms with Gasteiger partial charge in [-0.2, -0.15) is 0 Å². The van der Waals surface area contributed by atoms with E-state index in [9.17, 15) is 13.2 Å². The van der Waals surface area contributed by atoms with Gasteiger partial charge in [0, 0.05) is 19.3 Å². The molecule has 1 amide bonds. The average molecular weight is 268 g/mol. The van der Waals surface area contributed by atoms with E-state index < -0.39 is 15.4 Å². The van der Waals surface area contributed by atoms with Crippen molar-refractivity contribution in [2.75, 3.05) is 19.3 Å². The SMILES string of the molecule is CC1(c2ccc(S(C)(=O)=O)cc2)NCCNC1=O. The molecule has 0 aliphatic carbocycles. The summed E-state index contributed by atoms with van der Waals surface area (Å²) >= 11 is 0. The lowest BCUT2D eigenvalue weighted by Gasteiger charge is -2.34. The van der Waals surface area contributed by atoms with E-state index in [1.165, 1.54) is 12.1 Å². The molecule has 1 heterocycles. The van der Waals surface area contributed by atoms with Crippen LogP contribution >= 0.6 is 0 Å². The molecule has 98 valence electrons. The van der Waals surface area contributed by atoms with Crippen LogP contribution in [-0.4, -0.2) is 33.7 Å². The van der Waals surface area contributed by atoms with E-state index >= 15 is 0 Å². The molecule has 1 atom stereocenters. The standard InChI is InChI=1S/C12H16N2O3S/c1-12(11(15)13-7-8-14-12)9-3-5-10(6-4-9)18(2,16)17/h3-6,14H,7-8H2,1-2H3,(H,13,15). The molecular formula is C12H16N2O3S. The summed E-state index contributed by atoms with van der Waals surface area (Å²) < 4.78 is 22.7. The second-order valence-corrected chi connectivity index (χ2v) is 6.62. The van der Waals surface area contributed by atoms with Crippen molar-refractivity contribution in [3.63, 3.8) is 0 Å². The van der Waals surface area contributed by atoms with Gasteiger partial charge in [-0.15, -0.1) is 0 Å². The summed E-state index contributed by atoms with van der Waals surface area (Å²) in [5, 5.41) is 5.95. The van der Waals surface area contributed by atoms with Gasteiger partial charge in [-0.25, -0.2) is 8.42 Å². The monoisotopic (exact) mass is 268 g/mol. The van der Waals surface area contributed by atoms with Crippen LogP contribution in [0.2, 0.25) is 0 Å². The number of nitrogens with one attached hydrogen (secondary N) is 2. The van der Waals surface area contributed by atoms with Crippen molar-refractivity contribution in [3.05, 3.63) is 29.8 Å². The highest BCUT2D eigenvalue weighted by Gasteiger charge is 2.36. The summed E-state index contributed by atoms with van der Waals surface area (Å²) in [6.07, 6.45) is 1.16. The molecule has 1 aromatic carbocycles. The zero-order chi connectivity index (χ0) is 13.4. The summed E-state index contributed by atoms with van der Waals surface area (Å²) in [4.78, 5) is 12.2. The number of carbonyl (C=O) groups is 1. The van der Waals surface area contributed by atoms with Crippen LogP contribution in [0.3, 0.4) is 0 Å². The van der Waals surface area contributed by atoms with Crippen LogP contribution in [0.15, 0.2) is 29.2 Å². The highest BCUT2D eigenvalue weighted by atomic mass is 32.2. The predicted octanol–water partition coefficient (Wildman–Crippen LogP) is 0.0247. The average Bonchev–Trinajstić information content (AvgIpc) is 2.32. The molecule has 1 aliphatic heterocycles. The molecule has 0 saturated carbocycles. The molecule has 1 aromatic rings. The third-order valence-electron chi connectivity index (χ3n) is 3.20. The lowest BCUT2D eigenvalue weighted by Crippen LogP contribution is -2.59. The highest BCUT2D eigenvalue weighted by molar-refractivity contribution is 7.90. The molecule has 1 fully saturated rings. The van der Waals surface area contributed by atoms with Gasteiger partial charge in [0.25, 0.3) is 0 Å². The Labute approximate surface area is 107 Å². The fourth-order valence-electron chi connectivity index (χ4n) is 2.01. The van der Waals surface area contributed by atoms with Gasteiger partial charge in [-0.05, 0) is 24.6 Å². The Hall–Kier alpha value is -1.40. The Morgan fingerprint density at radius 3 is 2.28 bits per heavy atom. The van der Waals surface area contributed by atoms with Gasteiger partial charge in [-0.3, -0.25) is 10.1 Å². The lowest BCUT2D eigenvalue weighted by atomic mass is 9.89. The lowest BCUT2D eigenvalue weighted by molar-refractivity contribution is -0.128. The number of sulfone groups is 1. The maximum atomic E-state index is 11.9. The van der Waals surface area contributed by atoms with Crippen molar-refractivity contribution < 1.29 is 13.2 Å². The topological polar surface area (TPSA) is 75.3 Å². The first-order valence-corrected chi connectivity index (χ1v) is 7.57. The fraction of sp³-hybridized carbons (Fsp3) is 0.417. The molecule has 0 bridgehead atoms. The third kappa shape index (κ3) is 2.26. The van der Waals surface area contributed by atoms with Gasteiger partial charge < -0.3 is 5.32 Å². The fourth-order valence-corrected chi connectivity index (χ4v) is 2.64. The predicted molar refractivity (Wildman–Crippen MR) is 67.9 cm³/mol. The summed E-state index contributed by atoms with van der Waals surface area (Å²) in [5.41, 5.74) is -0.0408. The zero-order valence-corrected chi connectivity index (χ0v) is 11.2. The molecule has 1 aliphatic rings. The minimum absolute atomic E-state index is 0.0964. The van der Waals surface area contributed by atoms with Crippen LogP contribution in [0, 0.1) is 0 Å². The summed E-state index contributed by atoms with van der Waals surface area (Å²) in [5.74, 6) is -0.0964. The Kier molecular flexibility index (Phi) is 3.16. The Morgan fingerprint density at radius 1 is 1.17 bits per heavy atom. The smallest absolute Gasteiger partial charge is 0.244 e. The van der Waals surface area contributed by atoms with Crippen molar-refractivity contribution in [1.82, 2.24) is 10.6 Å². The van der Waals surface area contributed by atoms with Crippen LogP contribution in [0.5, 0.6) is 0 Å². The molecule has 6 heteroatoms. The van der Waals surface area contributed by atoms with Crippen molar-refractivity contribution >= 4 is 15.7 Å². The first-order valence-electron chi connectivity index (χ1n) is 5.68. The number of benzene rings is 1. The van der Waals surface area contributed by atoms with Crippen LogP contribution < -0.4 is 10.6 Å². The Balaban J connectivity index is 2.37. The largest absolute Gasteiger partial charge is 0.353 e. The summed E-state index contributed by atoms with van der Waals surface area (Å²) in [6.45, 7) is 3.09. The van der Waals surface area contributed by atoms with Crippen molar-refractivity contribution in [1.29, 1.82) is 0 Å². The number of carbonyl (C=O) groups excluding carboxylic acids is 1. The third-order valence-corrected chi connectivity index (χ3v) is 4.33. The van der Waals surface area contributed by atoms with Gasteiger partial charge in [0.2, 0.25) is 5.91 Å². The number of amides is 1. The van der Waals surface area contributed by atoms with E-state index in [0.29, 0.717) is 13.1 Å². The number of piperazine rings is 1. The van der Waals surface area contributed by atoms with Crippen LogP contribution in [0.25, 0.3) is 0 Å². The zero-order valence-electron chi connectivity index (χ0n) is 10.4. The molecule has 2 rings (SSSR count). The summed E-state index contributed by atoms with van der Waals surface area (Å²) in [7, 11) is -3.20. The van der Waals surface area contributed by atoms with Gasteiger partial charge in [-0.1, -0.05) is 12.1 Å². The molecular weight excluding hydrogens is 252 g/mol. The van der Waals surface area contributed by atoms with Crippen molar-refractivity contribution in [3.8, 4) is 0 Å². The minimum atomic E-state index is -3.20. The highest BCUT2D eigenvalue weighted by Crippen LogP contribution is 2.23.